The molecule has 2 atom stereocenters. The van der Waals surface area contributed by atoms with Crippen molar-refractivity contribution in [2.45, 2.75) is 45.2 Å². The zero-order chi connectivity index (χ0) is 24.6. The van der Waals surface area contributed by atoms with Crippen LogP contribution in [-0.4, -0.2) is 52.7 Å². The van der Waals surface area contributed by atoms with Crippen LogP contribution in [0.1, 0.15) is 44.2 Å². The van der Waals surface area contributed by atoms with E-state index in [1.807, 2.05) is 48.5 Å². The van der Waals surface area contributed by atoms with E-state index in [2.05, 4.69) is 10.7 Å². The van der Waals surface area contributed by atoms with E-state index in [1.54, 1.807) is 20.8 Å². The van der Waals surface area contributed by atoms with Crippen LogP contribution in [0.3, 0.4) is 0 Å². The largest absolute Gasteiger partial charge is 0.480 e. The number of hydrogen-bond acceptors (Lipinski definition) is 5. The van der Waals surface area contributed by atoms with Gasteiger partial charge in [0.2, 0.25) is 5.91 Å². The lowest BCUT2D eigenvalue weighted by atomic mass is 9.86. The molecule has 4 rings (SSSR count). The zero-order valence-corrected chi connectivity index (χ0v) is 19.2. The van der Waals surface area contributed by atoms with E-state index in [9.17, 15) is 24.3 Å². The number of ether oxygens (including phenoxy) is 1. The molecule has 0 spiro atoms. The first kappa shape index (κ1) is 23.3. The maximum absolute atomic E-state index is 13.2. The molecule has 34 heavy (non-hydrogen) atoms. The van der Waals surface area contributed by atoms with Crippen molar-refractivity contribution >= 4 is 23.9 Å². The van der Waals surface area contributed by atoms with Crippen molar-refractivity contribution in [3.63, 3.8) is 0 Å². The monoisotopic (exact) mass is 465 g/mol. The summed E-state index contributed by atoms with van der Waals surface area (Å²) in [5, 5.41) is 12.7. The van der Waals surface area contributed by atoms with Crippen LogP contribution in [0.15, 0.2) is 48.5 Å². The molecule has 3 N–H and O–H groups in total. The van der Waals surface area contributed by atoms with Crippen molar-refractivity contribution in [3.8, 4) is 11.1 Å². The topological polar surface area (TPSA) is 125 Å². The summed E-state index contributed by atoms with van der Waals surface area (Å²) in [5.41, 5.74) is 5.81. The Morgan fingerprint density at radius 3 is 2.18 bits per heavy atom. The highest BCUT2D eigenvalue weighted by Gasteiger charge is 2.45. The van der Waals surface area contributed by atoms with Crippen molar-refractivity contribution < 1.29 is 29.0 Å². The Labute approximate surface area is 197 Å². The second kappa shape index (κ2) is 8.81. The Morgan fingerprint density at radius 2 is 1.65 bits per heavy atom. The van der Waals surface area contributed by atoms with Gasteiger partial charge in [-0.3, -0.25) is 15.0 Å². The summed E-state index contributed by atoms with van der Waals surface area (Å²) >= 11 is 0. The van der Waals surface area contributed by atoms with E-state index in [0.717, 1.165) is 27.3 Å². The number of fused-ring (bicyclic) bond motifs is 3. The number of hydrazine groups is 1. The molecule has 1 unspecified atom stereocenters. The van der Waals surface area contributed by atoms with Crippen LogP contribution in [0.5, 0.6) is 0 Å². The first-order valence-corrected chi connectivity index (χ1v) is 11.0. The summed E-state index contributed by atoms with van der Waals surface area (Å²) in [6.07, 6.45) is -1.14. The van der Waals surface area contributed by atoms with Gasteiger partial charge in [-0.05, 0) is 27.7 Å². The van der Waals surface area contributed by atoms with Gasteiger partial charge < -0.3 is 15.2 Å². The van der Waals surface area contributed by atoms with Gasteiger partial charge in [-0.15, -0.1) is 0 Å². The maximum atomic E-state index is 13.2. The fraction of sp³-hybridized carbons (Fsp3) is 0.360. The number of nitrogens with zero attached hydrogens (tertiary/aromatic N) is 1. The molecule has 0 aromatic heterocycles. The average Bonchev–Trinajstić information content (AvgIpc) is 3.33. The molecule has 1 aliphatic heterocycles. The summed E-state index contributed by atoms with van der Waals surface area (Å²) in [7, 11) is 0. The van der Waals surface area contributed by atoms with Gasteiger partial charge in [0, 0.05) is 5.92 Å². The van der Waals surface area contributed by atoms with Crippen LogP contribution in [0.2, 0.25) is 0 Å². The van der Waals surface area contributed by atoms with Crippen LogP contribution < -0.4 is 10.7 Å². The van der Waals surface area contributed by atoms with Gasteiger partial charge in [0.1, 0.15) is 12.6 Å². The molecule has 2 aromatic carbocycles. The lowest BCUT2D eigenvalue weighted by Crippen LogP contribution is -2.59. The summed E-state index contributed by atoms with van der Waals surface area (Å²) < 4.78 is 5.55. The van der Waals surface area contributed by atoms with Gasteiger partial charge in [0.25, 0.3) is 5.91 Å². The van der Waals surface area contributed by atoms with Gasteiger partial charge in [0.15, 0.2) is 6.04 Å². The van der Waals surface area contributed by atoms with Crippen molar-refractivity contribution in [1.29, 1.82) is 0 Å². The third-order valence-electron chi connectivity index (χ3n) is 6.18. The predicted molar refractivity (Wildman–Crippen MR) is 122 cm³/mol. The minimum Gasteiger partial charge on any atom is -0.480 e. The third kappa shape index (κ3) is 4.33. The van der Waals surface area contributed by atoms with Gasteiger partial charge >= 0.3 is 12.1 Å². The summed E-state index contributed by atoms with van der Waals surface area (Å²) in [5.74, 6) is -2.74. The molecule has 0 bridgehead atoms. The molecule has 1 aliphatic carbocycles. The third-order valence-corrected chi connectivity index (χ3v) is 6.18. The number of carbonyl (C=O) groups excluding carboxylic acids is 3. The minimum atomic E-state index is -1.34. The summed E-state index contributed by atoms with van der Waals surface area (Å²) in [4.78, 5) is 49.2. The number of rotatable bonds is 5. The van der Waals surface area contributed by atoms with Gasteiger partial charge in [-0.1, -0.05) is 69.3 Å². The van der Waals surface area contributed by atoms with E-state index in [4.69, 9.17) is 4.74 Å². The highest BCUT2D eigenvalue weighted by atomic mass is 16.5. The van der Waals surface area contributed by atoms with Crippen molar-refractivity contribution in [2.75, 3.05) is 6.61 Å². The molecule has 2 aliphatic rings. The Kier molecular flexibility index (Phi) is 6.03. The SMILES string of the molecule is CC(C)(C)[C@@H](NC(=O)OCC1c2ccccc2-c2ccccc21)C(=O)N1NC(=O)CC1C(=O)O. The Balaban J connectivity index is 1.48. The van der Waals surface area contributed by atoms with Crippen molar-refractivity contribution in [3.05, 3.63) is 59.7 Å². The Hall–Kier alpha value is -3.88. The van der Waals surface area contributed by atoms with E-state index < -0.39 is 41.4 Å². The van der Waals surface area contributed by atoms with E-state index in [0.29, 0.717) is 0 Å². The first-order chi connectivity index (χ1) is 16.1. The molecule has 9 nitrogen and oxygen atoms in total. The van der Waals surface area contributed by atoms with Crippen LogP contribution in [0.25, 0.3) is 11.1 Å². The Morgan fingerprint density at radius 1 is 1.09 bits per heavy atom. The molecular formula is C25H27N3O6. The smallest absolute Gasteiger partial charge is 0.407 e. The minimum absolute atomic E-state index is 0.0725. The molecule has 1 heterocycles. The van der Waals surface area contributed by atoms with Crippen LogP contribution in [-0.2, 0) is 19.1 Å². The number of hydrogen-bond donors (Lipinski definition) is 3. The highest BCUT2D eigenvalue weighted by Crippen LogP contribution is 2.44. The van der Waals surface area contributed by atoms with Crippen molar-refractivity contribution in [2.24, 2.45) is 5.41 Å². The number of aliphatic carboxylic acids is 1. The zero-order valence-electron chi connectivity index (χ0n) is 19.2. The summed E-state index contributed by atoms with van der Waals surface area (Å²) in [6.45, 7) is 5.26. The van der Waals surface area contributed by atoms with E-state index in [-0.39, 0.29) is 18.9 Å². The molecule has 0 saturated carbocycles. The van der Waals surface area contributed by atoms with Crippen LogP contribution in [0, 0.1) is 5.41 Å². The number of carboxylic acid groups (broad SMARTS) is 1. The molecule has 178 valence electrons. The number of benzene rings is 2. The lowest BCUT2D eigenvalue weighted by molar-refractivity contribution is -0.152. The number of nitrogens with one attached hydrogen (secondary N) is 2. The van der Waals surface area contributed by atoms with E-state index in [1.165, 1.54) is 0 Å². The lowest BCUT2D eigenvalue weighted by Gasteiger charge is -2.34. The molecule has 1 saturated heterocycles. The molecule has 3 amide bonds. The second-order valence-electron chi connectivity index (χ2n) is 9.57. The average molecular weight is 466 g/mol. The fourth-order valence-electron chi connectivity index (χ4n) is 4.48. The molecule has 1 fully saturated rings. The van der Waals surface area contributed by atoms with Gasteiger partial charge in [0.05, 0.1) is 6.42 Å². The predicted octanol–water partition coefficient (Wildman–Crippen LogP) is 2.66. The number of carbonyl (C=O) groups is 4. The fourth-order valence-corrected chi connectivity index (χ4v) is 4.48. The molecular weight excluding hydrogens is 438 g/mol. The number of carboxylic acids is 1. The molecule has 2 aromatic rings. The molecule has 0 radical (unpaired) electrons. The highest BCUT2D eigenvalue weighted by molar-refractivity contribution is 5.96. The molecule has 9 heteroatoms. The van der Waals surface area contributed by atoms with E-state index >= 15 is 0 Å². The number of alkyl carbamates (subject to hydrolysis) is 1. The van der Waals surface area contributed by atoms with Crippen LogP contribution >= 0.6 is 0 Å². The standard InChI is InChI=1S/C25H27N3O6/c1-25(2,3)21(22(30)28-19(23(31)32)12-20(29)27-28)26-24(33)34-13-18-16-10-6-4-8-14(16)15-9-5-7-11-17(15)18/h4-11,18-19,21H,12-13H2,1-3H3,(H,26,33)(H,27,29)(H,31,32)/t19?,21-/m0/s1. The number of amides is 3. The second-order valence-corrected chi connectivity index (χ2v) is 9.57. The normalized spacial score (nSPS) is 18.0. The van der Waals surface area contributed by atoms with Gasteiger partial charge in [-0.2, -0.15) is 0 Å². The maximum Gasteiger partial charge on any atom is 0.407 e. The quantitative estimate of drug-likeness (QED) is 0.624. The van der Waals surface area contributed by atoms with Crippen LogP contribution in [0.4, 0.5) is 4.79 Å². The van der Waals surface area contributed by atoms with Gasteiger partial charge in [-0.25, -0.2) is 14.6 Å². The first-order valence-electron chi connectivity index (χ1n) is 11.0. The van der Waals surface area contributed by atoms with Crippen molar-refractivity contribution in [1.82, 2.24) is 15.8 Å². The summed E-state index contributed by atoms with van der Waals surface area (Å²) in [6, 6.07) is 13.4. The Bertz CT molecular complexity index is 1110.